The predicted molar refractivity (Wildman–Crippen MR) is 62.5 cm³/mol. The Hall–Kier alpha value is -2.63. The summed E-state index contributed by atoms with van der Waals surface area (Å²) in [5.74, 6) is -0.150. The van der Waals surface area contributed by atoms with Gasteiger partial charge in [-0.1, -0.05) is 0 Å². The van der Waals surface area contributed by atoms with Gasteiger partial charge in [0.25, 0.3) is 5.91 Å². The van der Waals surface area contributed by atoms with Gasteiger partial charge in [-0.2, -0.15) is 0 Å². The minimum atomic E-state index is -0.445. The van der Waals surface area contributed by atoms with Crippen LogP contribution in [0.1, 0.15) is 10.4 Å². The molecule has 86 valence electrons. The van der Waals surface area contributed by atoms with Crippen molar-refractivity contribution in [3.8, 4) is 5.75 Å². The standard InChI is InChI=1S/C11H10N4O2/c12-9-2-1-7(16)5-8(9)11(17)15-10-6-13-3-4-14-10/h1-6,16H,12H2,(H,14,15,17). The molecule has 2 aromatic rings. The van der Waals surface area contributed by atoms with E-state index in [0.717, 1.165) is 0 Å². The van der Waals surface area contributed by atoms with E-state index in [0.29, 0.717) is 5.82 Å². The van der Waals surface area contributed by atoms with Crippen LogP contribution in [0.5, 0.6) is 5.75 Å². The number of carbonyl (C=O) groups excluding carboxylic acids is 1. The van der Waals surface area contributed by atoms with E-state index < -0.39 is 5.91 Å². The lowest BCUT2D eigenvalue weighted by Crippen LogP contribution is -2.14. The average Bonchev–Trinajstić information content (AvgIpc) is 2.33. The van der Waals surface area contributed by atoms with E-state index in [1.807, 2.05) is 0 Å². The first-order valence-corrected chi connectivity index (χ1v) is 4.82. The SMILES string of the molecule is Nc1ccc(O)cc1C(=O)Nc1cnccn1. The molecular formula is C11H10N4O2. The lowest BCUT2D eigenvalue weighted by molar-refractivity contribution is 0.102. The summed E-state index contributed by atoms with van der Waals surface area (Å²) in [6, 6.07) is 4.16. The Kier molecular flexibility index (Phi) is 2.87. The summed E-state index contributed by atoms with van der Waals surface area (Å²) in [4.78, 5) is 19.5. The summed E-state index contributed by atoms with van der Waals surface area (Å²) in [6.45, 7) is 0. The van der Waals surface area contributed by atoms with E-state index in [4.69, 9.17) is 5.73 Å². The van der Waals surface area contributed by atoms with E-state index in [1.165, 1.54) is 36.8 Å². The summed E-state index contributed by atoms with van der Waals surface area (Å²) in [6.07, 6.45) is 4.37. The molecule has 0 radical (unpaired) electrons. The minimum absolute atomic E-state index is 0.0245. The first-order chi connectivity index (χ1) is 8.16. The third-order valence-corrected chi connectivity index (χ3v) is 2.09. The predicted octanol–water partition coefficient (Wildman–Crippen LogP) is 1.02. The van der Waals surface area contributed by atoms with Crippen molar-refractivity contribution in [1.82, 2.24) is 9.97 Å². The van der Waals surface area contributed by atoms with Gasteiger partial charge in [0.05, 0.1) is 11.8 Å². The maximum Gasteiger partial charge on any atom is 0.259 e. The molecule has 1 heterocycles. The van der Waals surface area contributed by atoms with Crippen LogP contribution in [0.4, 0.5) is 11.5 Å². The Morgan fingerprint density at radius 3 is 2.88 bits per heavy atom. The zero-order valence-electron chi connectivity index (χ0n) is 8.79. The molecule has 0 fully saturated rings. The van der Waals surface area contributed by atoms with Crippen LogP contribution in [0.15, 0.2) is 36.8 Å². The number of anilines is 2. The number of aromatic hydroxyl groups is 1. The molecular weight excluding hydrogens is 220 g/mol. The molecule has 1 amide bonds. The van der Waals surface area contributed by atoms with E-state index in [-0.39, 0.29) is 17.0 Å². The maximum atomic E-state index is 11.8. The van der Waals surface area contributed by atoms with E-state index in [9.17, 15) is 9.90 Å². The smallest absolute Gasteiger partial charge is 0.259 e. The second kappa shape index (κ2) is 4.48. The lowest BCUT2D eigenvalue weighted by atomic mass is 10.1. The van der Waals surface area contributed by atoms with Gasteiger partial charge < -0.3 is 16.2 Å². The van der Waals surface area contributed by atoms with Gasteiger partial charge in [0, 0.05) is 18.1 Å². The fourth-order valence-corrected chi connectivity index (χ4v) is 1.29. The van der Waals surface area contributed by atoms with Crippen LogP contribution in [0, 0.1) is 0 Å². The van der Waals surface area contributed by atoms with Crippen molar-refractivity contribution in [3.63, 3.8) is 0 Å². The van der Waals surface area contributed by atoms with Crippen LogP contribution in [0.3, 0.4) is 0 Å². The zero-order chi connectivity index (χ0) is 12.3. The number of rotatable bonds is 2. The number of nitrogens with one attached hydrogen (secondary N) is 1. The van der Waals surface area contributed by atoms with Crippen LogP contribution in [0.25, 0.3) is 0 Å². The third kappa shape index (κ3) is 2.49. The summed E-state index contributed by atoms with van der Waals surface area (Å²) >= 11 is 0. The van der Waals surface area contributed by atoms with Crippen molar-refractivity contribution in [1.29, 1.82) is 0 Å². The number of hydrogen-bond donors (Lipinski definition) is 3. The van der Waals surface area contributed by atoms with Crippen LogP contribution >= 0.6 is 0 Å². The van der Waals surface area contributed by atoms with Gasteiger partial charge in [-0.25, -0.2) is 4.98 Å². The zero-order valence-corrected chi connectivity index (χ0v) is 8.79. The quantitative estimate of drug-likeness (QED) is 0.528. The number of amides is 1. The van der Waals surface area contributed by atoms with Gasteiger partial charge in [-0.05, 0) is 18.2 Å². The summed E-state index contributed by atoms with van der Waals surface area (Å²) in [5, 5.41) is 11.8. The highest BCUT2D eigenvalue weighted by Gasteiger charge is 2.11. The van der Waals surface area contributed by atoms with Gasteiger partial charge in [0.1, 0.15) is 5.75 Å². The highest BCUT2D eigenvalue weighted by molar-refractivity contribution is 6.07. The Labute approximate surface area is 97.1 Å². The summed E-state index contributed by atoms with van der Waals surface area (Å²) in [5.41, 5.74) is 6.11. The Bertz CT molecular complexity index is 542. The molecule has 0 saturated carbocycles. The van der Waals surface area contributed by atoms with Crippen molar-refractivity contribution in [2.75, 3.05) is 11.1 Å². The minimum Gasteiger partial charge on any atom is -0.508 e. The largest absolute Gasteiger partial charge is 0.508 e. The molecule has 0 bridgehead atoms. The summed E-state index contributed by atoms with van der Waals surface area (Å²) < 4.78 is 0. The van der Waals surface area contributed by atoms with Crippen LogP contribution in [-0.2, 0) is 0 Å². The second-order valence-electron chi connectivity index (χ2n) is 3.32. The summed E-state index contributed by atoms with van der Waals surface area (Å²) in [7, 11) is 0. The van der Waals surface area contributed by atoms with E-state index in [1.54, 1.807) is 0 Å². The molecule has 6 nitrogen and oxygen atoms in total. The van der Waals surface area contributed by atoms with E-state index in [2.05, 4.69) is 15.3 Å². The molecule has 0 aliphatic carbocycles. The van der Waals surface area contributed by atoms with Crippen LogP contribution in [0.2, 0.25) is 0 Å². The third-order valence-electron chi connectivity index (χ3n) is 2.09. The monoisotopic (exact) mass is 230 g/mol. The first-order valence-electron chi connectivity index (χ1n) is 4.82. The Morgan fingerprint density at radius 2 is 2.18 bits per heavy atom. The topological polar surface area (TPSA) is 101 Å². The number of phenols is 1. The molecule has 0 aliphatic heterocycles. The molecule has 6 heteroatoms. The van der Waals surface area contributed by atoms with Crippen molar-refractivity contribution < 1.29 is 9.90 Å². The molecule has 2 rings (SSSR count). The Morgan fingerprint density at radius 1 is 1.35 bits per heavy atom. The highest BCUT2D eigenvalue weighted by Crippen LogP contribution is 2.19. The number of hydrogen-bond acceptors (Lipinski definition) is 5. The number of nitrogen functional groups attached to an aromatic ring is 1. The van der Waals surface area contributed by atoms with E-state index >= 15 is 0 Å². The molecule has 0 aliphatic rings. The normalized spacial score (nSPS) is 9.88. The van der Waals surface area contributed by atoms with Crippen molar-refractivity contribution in [2.45, 2.75) is 0 Å². The molecule has 1 aromatic carbocycles. The van der Waals surface area contributed by atoms with Gasteiger partial charge in [0.15, 0.2) is 5.82 Å². The number of aromatic nitrogens is 2. The first kappa shape index (κ1) is 10.9. The Balaban J connectivity index is 2.23. The number of phenolic OH excluding ortho intramolecular Hbond substituents is 1. The fraction of sp³-hybridized carbons (Fsp3) is 0. The molecule has 0 unspecified atom stereocenters. The van der Waals surface area contributed by atoms with Gasteiger partial charge >= 0.3 is 0 Å². The molecule has 17 heavy (non-hydrogen) atoms. The van der Waals surface area contributed by atoms with Crippen molar-refractivity contribution in [2.24, 2.45) is 0 Å². The van der Waals surface area contributed by atoms with Crippen LogP contribution < -0.4 is 11.1 Å². The average molecular weight is 230 g/mol. The van der Waals surface area contributed by atoms with Gasteiger partial charge in [0.2, 0.25) is 0 Å². The highest BCUT2D eigenvalue weighted by atomic mass is 16.3. The van der Waals surface area contributed by atoms with Gasteiger partial charge in [-0.3, -0.25) is 9.78 Å². The number of nitrogens with two attached hydrogens (primary N) is 1. The van der Waals surface area contributed by atoms with Crippen molar-refractivity contribution >= 4 is 17.4 Å². The lowest BCUT2D eigenvalue weighted by Gasteiger charge is -2.06. The van der Waals surface area contributed by atoms with Gasteiger partial charge in [-0.15, -0.1) is 0 Å². The molecule has 4 N–H and O–H groups in total. The fourth-order valence-electron chi connectivity index (χ4n) is 1.29. The molecule has 1 aromatic heterocycles. The maximum absolute atomic E-state index is 11.8. The number of carbonyl (C=O) groups is 1. The number of benzene rings is 1. The van der Waals surface area contributed by atoms with Crippen molar-refractivity contribution in [3.05, 3.63) is 42.4 Å². The molecule has 0 atom stereocenters. The second-order valence-corrected chi connectivity index (χ2v) is 3.32. The molecule has 0 spiro atoms. The number of nitrogens with zero attached hydrogens (tertiary/aromatic N) is 2. The van der Waals surface area contributed by atoms with Crippen LogP contribution in [-0.4, -0.2) is 21.0 Å². The molecule has 0 saturated heterocycles.